The number of rotatable bonds is 5. The normalized spacial score (nSPS) is 14.9. The Morgan fingerprint density at radius 1 is 0.868 bits per heavy atom. The molecule has 0 saturated carbocycles. The molecule has 6 rings (SSSR count). The molecule has 0 fully saturated rings. The van der Waals surface area contributed by atoms with Gasteiger partial charge < -0.3 is 10.5 Å². The molecule has 6 heteroatoms. The zero-order valence-electron chi connectivity index (χ0n) is 20.9. The highest BCUT2D eigenvalue weighted by Gasteiger charge is 2.34. The number of pyridine rings is 1. The van der Waals surface area contributed by atoms with Crippen LogP contribution in [0.3, 0.4) is 0 Å². The van der Waals surface area contributed by atoms with Gasteiger partial charge in [0.2, 0.25) is 0 Å². The Balaban J connectivity index is 1.47. The molecular weight excluding hydrogens is 472 g/mol. The summed E-state index contributed by atoms with van der Waals surface area (Å²) in [6, 6.07) is 34.7. The highest BCUT2D eigenvalue weighted by molar-refractivity contribution is 6.10. The van der Waals surface area contributed by atoms with E-state index in [9.17, 15) is 4.79 Å². The van der Waals surface area contributed by atoms with Crippen LogP contribution >= 0.6 is 0 Å². The van der Waals surface area contributed by atoms with E-state index in [1.807, 2.05) is 109 Å². The first-order valence-electron chi connectivity index (χ1n) is 12.5. The summed E-state index contributed by atoms with van der Waals surface area (Å²) in [4.78, 5) is 19.2. The Bertz CT molecular complexity index is 1650. The van der Waals surface area contributed by atoms with Crippen molar-refractivity contribution in [1.29, 1.82) is 0 Å². The van der Waals surface area contributed by atoms with Crippen molar-refractivity contribution in [3.8, 4) is 17.0 Å². The summed E-state index contributed by atoms with van der Waals surface area (Å²) < 4.78 is 5.31. The van der Waals surface area contributed by atoms with Crippen LogP contribution in [0.25, 0.3) is 22.2 Å². The van der Waals surface area contributed by atoms with Gasteiger partial charge in [-0.3, -0.25) is 4.79 Å². The van der Waals surface area contributed by atoms with Gasteiger partial charge in [-0.2, -0.15) is 5.10 Å². The number of carbonyl (C=O) groups excluding carboxylic acids is 1. The molecule has 1 unspecified atom stereocenters. The van der Waals surface area contributed by atoms with Crippen molar-refractivity contribution in [2.75, 3.05) is 12.8 Å². The van der Waals surface area contributed by atoms with Gasteiger partial charge in [0, 0.05) is 23.1 Å². The van der Waals surface area contributed by atoms with Crippen LogP contribution < -0.4 is 10.5 Å². The third-order valence-corrected chi connectivity index (χ3v) is 6.88. The van der Waals surface area contributed by atoms with E-state index in [1.54, 1.807) is 12.1 Å². The highest BCUT2D eigenvalue weighted by atomic mass is 16.5. The van der Waals surface area contributed by atoms with E-state index in [1.165, 1.54) is 0 Å². The van der Waals surface area contributed by atoms with E-state index in [4.69, 9.17) is 20.6 Å². The molecule has 0 aliphatic carbocycles. The van der Waals surface area contributed by atoms with Crippen molar-refractivity contribution in [1.82, 2.24) is 9.99 Å². The van der Waals surface area contributed by atoms with Gasteiger partial charge in [0.25, 0.3) is 5.91 Å². The number of hydrazone groups is 1. The van der Waals surface area contributed by atoms with Crippen LogP contribution in [0, 0.1) is 0 Å². The number of para-hydroxylation sites is 1. The topological polar surface area (TPSA) is 80.8 Å². The molecule has 1 aliphatic rings. The van der Waals surface area contributed by atoms with Gasteiger partial charge in [-0.15, -0.1) is 0 Å². The highest BCUT2D eigenvalue weighted by Crippen LogP contribution is 2.36. The molecule has 38 heavy (non-hydrogen) atoms. The maximum absolute atomic E-state index is 14.3. The Kier molecular flexibility index (Phi) is 6.06. The number of hydrogen-bond donors (Lipinski definition) is 1. The number of hydrogen-bond acceptors (Lipinski definition) is 5. The number of nitrogens with zero attached hydrogens (tertiary/aromatic N) is 3. The fourth-order valence-electron chi connectivity index (χ4n) is 4.87. The number of aromatic nitrogens is 1. The number of ether oxygens (including phenoxy) is 1. The second kappa shape index (κ2) is 9.82. The van der Waals surface area contributed by atoms with Crippen molar-refractivity contribution in [3.63, 3.8) is 0 Å². The monoisotopic (exact) mass is 498 g/mol. The maximum Gasteiger partial charge on any atom is 0.275 e. The Morgan fingerprint density at radius 2 is 1.55 bits per heavy atom. The van der Waals surface area contributed by atoms with Gasteiger partial charge >= 0.3 is 0 Å². The minimum Gasteiger partial charge on any atom is -0.497 e. The number of nitrogens with two attached hydrogens (primary N) is 1. The van der Waals surface area contributed by atoms with Crippen LogP contribution in [0.1, 0.15) is 33.9 Å². The van der Waals surface area contributed by atoms with Gasteiger partial charge in [0.15, 0.2) is 0 Å². The summed E-state index contributed by atoms with van der Waals surface area (Å²) >= 11 is 0. The fraction of sp³-hybridized carbons (Fsp3) is 0.0938. The molecule has 6 nitrogen and oxygen atoms in total. The first-order valence-corrected chi connectivity index (χ1v) is 12.5. The average Bonchev–Trinajstić information content (AvgIpc) is 3.43. The largest absolute Gasteiger partial charge is 0.497 e. The van der Waals surface area contributed by atoms with Gasteiger partial charge in [0.05, 0.1) is 35.6 Å². The summed E-state index contributed by atoms with van der Waals surface area (Å²) in [5, 5.41) is 7.29. The molecule has 0 bridgehead atoms. The predicted molar refractivity (Wildman–Crippen MR) is 151 cm³/mol. The lowest BCUT2D eigenvalue weighted by atomic mass is 9.97. The zero-order chi connectivity index (χ0) is 26.1. The number of benzene rings is 4. The lowest BCUT2D eigenvalue weighted by Gasteiger charge is -2.23. The Labute approximate surface area is 221 Å². The van der Waals surface area contributed by atoms with E-state index in [2.05, 4.69) is 0 Å². The number of carbonyl (C=O) groups is 1. The van der Waals surface area contributed by atoms with Gasteiger partial charge in [0.1, 0.15) is 5.75 Å². The first-order chi connectivity index (χ1) is 18.6. The predicted octanol–water partition coefficient (Wildman–Crippen LogP) is 6.48. The number of amides is 1. The van der Waals surface area contributed by atoms with Gasteiger partial charge in [-0.05, 0) is 59.7 Å². The summed E-state index contributed by atoms with van der Waals surface area (Å²) in [5.41, 5.74) is 12.4. The summed E-state index contributed by atoms with van der Waals surface area (Å²) in [6.07, 6.45) is 0.605. The SMILES string of the molecule is COc1ccc(-c2cc(C(=O)N3N=C(c4ccc(N)cc4)CC3c3ccccc3)c3ccccc3n2)cc1. The molecule has 1 aromatic heterocycles. The third kappa shape index (κ3) is 4.37. The minimum atomic E-state index is -0.229. The molecule has 2 heterocycles. The molecule has 5 aromatic rings. The lowest BCUT2D eigenvalue weighted by molar-refractivity contribution is 0.0713. The van der Waals surface area contributed by atoms with E-state index < -0.39 is 0 Å². The number of fused-ring (bicyclic) bond motifs is 1. The Hall–Kier alpha value is -4.97. The van der Waals surface area contributed by atoms with Gasteiger partial charge in [-0.1, -0.05) is 60.7 Å². The van der Waals surface area contributed by atoms with E-state index >= 15 is 0 Å². The molecule has 1 atom stereocenters. The molecule has 186 valence electrons. The Morgan fingerprint density at radius 3 is 2.29 bits per heavy atom. The molecule has 1 aliphatic heterocycles. The third-order valence-electron chi connectivity index (χ3n) is 6.88. The van der Waals surface area contributed by atoms with Crippen LogP contribution in [-0.4, -0.2) is 28.7 Å². The summed E-state index contributed by atoms with van der Waals surface area (Å²) in [5.74, 6) is 0.593. The van der Waals surface area contributed by atoms with Crippen molar-refractivity contribution in [2.45, 2.75) is 12.5 Å². The smallest absolute Gasteiger partial charge is 0.275 e. The molecule has 2 N–H and O–H groups in total. The summed E-state index contributed by atoms with van der Waals surface area (Å²) in [6.45, 7) is 0. The lowest BCUT2D eigenvalue weighted by Crippen LogP contribution is -2.27. The zero-order valence-corrected chi connectivity index (χ0v) is 20.9. The number of anilines is 1. The average molecular weight is 499 g/mol. The maximum atomic E-state index is 14.3. The molecule has 4 aromatic carbocycles. The van der Waals surface area contributed by atoms with Crippen LogP contribution in [0.2, 0.25) is 0 Å². The number of methoxy groups -OCH3 is 1. The van der Waals surface area contributed by atoms with Crippen LogP contribution in [0.5, 0.6) is 5.75 Å². The van der Waals surface area contributed by atoms with Crippen molar-refractivity contribution in [3.05, 3.63) is 126 Å². The quantitative estimate of drug-likeness (QED) is 0.281. The molecule has 1 amide bonds. The van der Waals surface area contributed by atoms with E-state index in [0.717, 1.165) is 39.1 Å². The second-order valence-corrected chi connectivity index (χ2v) is 9.25. The van der Waals surface area contributed by atoms with Gasteiger partial charge in [-0.25, -0.2) is 9.99 Å². The van der Waals surface area contributed by atoms with Crippen LogP contribution in [0.15, 0.2) is 114 Å². The standard InChI is InChI=1S/C32H26N4O2/c1-38-25-17-13-21(14-18-25)29-19-27(26-9-5-6-10-28(26)34-29)32(37)36-31(23-7-3-2-4-8-23)20-30(35-36)22-11-15-24(33)16-12-22/h2-19,31H,20,33H2,1H3. The first kappa shape index (κ1) is 23.4. The molecular formula is C32H26N4O2. The fourth-order valence-corrected chi connectivity index (χ4v) is 4.87. The number of nitrogen functional groups attached to an aromatic ring is 1. The van der Waals surface area contributed by atoms with Crippen molar-refractivity contribution >= 4 is 28.2 Å². The second-order valence-electron chi connectivity index (χ2n) is 9.25. The molecule has 0 radical (unpaired) electrons. The molecule has 0 spiro atoms. The minimum absolute atomic E-state index is 0.169. The van der Waals surface area contributed by atoms with E-state index in [-0.39, 0.29) is 11.9 Å². The van der Waals surface area contributed by atoms with E-state index in [0.29, 0.717) is 23.4 Å². The summed E-state index contributed by atoms with van der Waals surface area (Å²) in [7, 11) is 1.64. The van der Waals surface area contributed by atoms with Crippen molar-refractivity contribution < 1.29 is 9.53 Å². The van der Waals surface area contributed by atoms with Crippen LogP contribution in [0.4, 0.5) is 5.69 Å². The van der Waals surface area contributed by atoms with Crippen molar-refractivity contribution in [2.24, 2.45) is 5.10 Å². The van der Waals surface area contributed by atoms with Crippen LogP contribution in [-0.2, 0) is 0 Å². The molecule has 0 saturated heterocycles.